The summed E-state index contributed by atoms with van der Waals surface area (Å²) in [7, 11) is 1.71. The van der Waals surface area contributed by atoms with Crippen LogP contribution < -0.4 is 4.90 Å². The predicted molar refractivity (Wildman–Crippen MR) is 119 cm³/mol. The van der Waals surface area contributed by atoms with Crippen LogP contribution >= 0.6 is 0 Å². The van der Waals surface area contributed by atoms with Crippen molar-refractivity contribution in [3.05, 3.63) is 82.8 Å². The molecule has 2 aromatic carbocycles. The molecule has 0 bridgehead atoms. The number of nitrogens with zero attached hydrogens (tertiary/aromatic N) is 4. The minimum absolute atomic E-state index is 0.0436. The molecule has 0 spiro atoms. The second-order valence-corrected chi connectivity index (χ2v) is 8.28. The second kappa shape index (κ2) is 8.02. The maximum absolute atomic E-state index is 13.8. The monoisotopic (exact) mass is 414 g/mol. The normalized spacial score (nSPS) is 15.2. The van der Waals surface area contributed by atoms with Crippen LogP contribution in [0.5, 0.6) is 0 Å². The summed E-state index contributed by atoms with van der Waals surface area (Å²) in [6.45, 7) is 2.03. The van der Waals surface area contributed by atoms with E-state index in [4.69, 9.17) is 4.98 Å². The third kappa shape index (κ3) is 3.52. The summed E-state index contributed by atoms with van der Waals surface area (Å²) < 4.78 is 2.04. The van der Waals surface area contributed by atoms with Gasteiger partial charge in [-0.05, 0) is 42.5 Å². The van der Waals surface area contributed by atoms with E-state index in [0.29, 0.717) is 30.2 Å². The number of benzene rings is 2. The zero-order valence-electron chi connectivity index (χ0n) is 17.8. The summed E-state index contributed by atoms with van der Waals surface area (Å²) in [5.74, 6) is 1.16. The lowest BCUT2D eigenvalue weighted by Gasteiger charge is -2.30. The van der Waals surface area contributed by atoms with Gasteiger partial charge in [0.15, 0.2) is 11.5 Å². The Bertz CT molecular complexity index is 1140. The highest BCUT2D eigenvalue weighted by atomic mass is 16.2. The van der Waals surface area contributed by atoms with E-state index in [2.05, 4.69) is 12.1 Å². The van der Waals surface area contributed by atoms with Gasteiger partial charge < -0.3 is 9.47 Å². The molecule has 2 aliphatic heterocycles. The Labute approximate surface area is 182 Å². The fourth-order valence-electron chi connectivity index (χ4n) is 4.60. The molecule has 5 rings (SSSR count). The van der Waals surface area contributed by atoms with Crippen molar-refractivity contribution in [2.24, 2.45) is 0 Å². The fraction of sp³-hybridized carbons (Fsp3) is 0.320. The molecule has 3 heterocycles. The number of hydrogen-bond acceptors (Lipinski definition) is 3. The highest BCUT2D eigenvalue weighted by Crippen LogP contribution is 2.29. The van der Waals surface area contributed by atoms with Gasteiger partial charge in [-0.2, -0.15) is 0 Å². The predicted octanol–water partition coefficient (Wildman–Crippen LogP) is 3.69. The van der Waals surface area contributed by atoms with Gasteiger partial charge in [-0.25, -0.2) is 4.98 Å². The first-order valence-corrected chi connectivity index (χ1v) is 10.9. The lowest BCUT2D eigenvalue weighted by molar-refractivity contribution is 0.0723. The molecule has 0 fully saturated rings. The number of aryl methyl sites for hydroxylation is 1. The third-order valence-corrected chi connectivity index (χ3v) is 6.32. The van der Waals surface area contributed by atoms with Gasteiger partial charge in [-0.15, -0.1) is 0 Å². The smallest absolute Gasteiger partial charge is 0.274 e. The van der Waals surface area contributed by atoms with Crippen molar-refractivity contribution in [2.45, 2.75) is 38.8 Å². The topological polar surface area (TPSA) is 58.4 Å². The minimum atomic E-state index is -0.158. The van der Waals surface area contributed by atoms with E-state index in [1.807, 2.05) is 39.8 Å². The quantitative estimate of drug-likeness (QED) is 0.657. The third-order valence-electron chi connectivity index (χ3n) is 6.32. The van der Waals surface area contributed by atoms with Gasteiger partial charge in [0, 0.05) is 38.7 Å². The number of amides is 2. The van der Waals surface area contributed by atoms with Crippen LogP contribution in [0.15, 0.2) is 54.6 Å². The molecule has 0 unspecified atom stereocenters. The summed E-state index contributed by atoms with van der Waals surface area (Å²) in [4.78, 5) is 35.1. The molecule has 0 saturated carbocycles. The highest BCUT2D eigenvalue weighted by Gasteiger charge is 2.33. The van der Waals surface area contributed by atoms with E-state index in [1.165, 1.54) is 16.0 Å². The van der Waals surface area contributed by atoms with Crippen molar-refractivity contribution in [3.63, 3.8) is 0 Å². The average Bonchev–Trinajstić information content (AvgIpc) is 3.22. The van der Waals surface area contributed by atoms with Crippen molar-refractivity contribution in [1.82, 2.24) is 14.5 Å². The van der Waals surface area contributed by atoms with Crippen LogP contribution in [0, 0.1) is 0 Å². The molecule has 31 heavy (non-hydrogen) atoms. The van der Waals surface area contributed by atoms with Crippen LogP contribution in [-0.2, 0) is 25.9 Å². The molecular formula is C25H26N4O2. The fourth-order valence-corrected chi connectivity index (χ4v) is 4.60. The van der Waals surface area contributed by atoms with Crippen LogP contribution in [0.25, 0.3) is 0 Å². The van der Waals surface area contributed by atoms with Crippen molar-refractivity contribution in [3.8, 4) is 0 Å². The van der Waals surface area contributed by atoms with E-state index in [9.17, 15) is 9.59 Å². The van der Waals surface area contributed by atoms with Crippen LogP contribution in [0.3, 0.4) is 0 Å². The standard InChI is InChI=1S/C25H26N4O2/c1-27(24(30)19-10-3-2-4-11-19)23-22(29-15-8-7-13-21(29)26-23)25(31)28-16-14-18-9-5-6-12-20(18)17-28/h2-6,9-12H,7-8,13-17H2,1H3. The van der Waals surface area contributed by atoms with Crippen molar-refractivity contribution >= 4 is 17.6 Å². The molecule has 2 aliphatic rings. The Balaban J connectivity index is 1.51. The average molecular weight is 415 g/mol. The number of carbonyl (C=O) groups excluding carboxylic acids is 2. The maximum Gasteiger partial charge on any atom is 0.274 e. The van der Waals surface area contributed by atoms with Crippen molar-refractivity contribution in [2.75, 3.05) is 18.5 Å². The van der Waals surface area contributed by atoms with E-state index >= 15 is 0 Å². The van der Waals surface area contributed by atoms with Gasteiger partial charge >= 0.3 is 0 Å². The van der Waals surface area contributed by atoms with Gasteiger partial charge in [0.25, 0.3) is 11.8 Å². The van der Waals surface area contributed by atoms with Crippen LogP contribution in [0.2, 0.25) is 0 Å². The Morgan fingerprint density at radius 3 is 2.45 bits per heavy atom. The SMILES string of the molecule is CN(C(=O)c1ccccc1)c1nc2n(c1C(=O)N1CCc3ccccc3C1)CCCC2. The molecule has 0 saturated heterocycles. The molecule has 0 aliphatic carbocycles. The zero-order valence-corrected chi connectivity index (χ0v) is 17.8. The molecule has 2 amide bonds. The van der Waals surface area contributed by atoms with Gasteiger partial charge in [0.1, 0.15) is 5.82 Å². The van der Waals surface area contributed by atoms with Gasteiger partial charge in [0.2, 0.25) is 0 Å². The van der Waals surface area contributed by atoms with E-state index < -0.39 is 0 Å². The number of aromatic nitrogens is 2. The molecular weight excluding hydrogens is 388 g/mol. The Hall–Kier alpha value is -3.41. The molecule has 0 radical (unpaired) electrons. The number of anilines is 1. The van der Waals surface area contributed by atoms with E-state index in [-0.39, 0.29) is 11.8 Å². The lowest BCUT2D eigenvalue weighted by atomic mass is 9.99. The first kappa shape index (κ1) is 19.5. The highest BCUT2D eigenvalue weighted by molar-refractivity contribution is 6.09. The van der Waals surface area contributed by atoms with Crippen LogP contribution in [0.4, 0.5) is 5.82 Å². The van der Waals surface area contributed by atoms with Gasteiger partial charge in [-0.3, -0.25) is 14.5 Å². The summed E-state index contributed by atoms with van der Waals surface area (Å²) in [5, 5.41) is 0. The molecule has 0 atom stereocenters. The molecule has 3 aromatic rings. The van der Waals surface area contributed by atoms with Crippen molar-refractivity contribution in [1.29, 1.82) is 0 Å². The summed E-state index contributed by atoms with van der Waals surface area (Å²) in [6, 6.07) is 17.4. The van der Waals surface area contributed by atoms with E-state index in [0.717, 1.165) is 38.1 Å². The molecule has 6 nitrogen and oxygen atoms in total. The Morgan fingerprint density at radius 1 is 0.903 bits per heavy atom. The van der Waals surface area contributed by atoms with Crippen molar-refractivity contribution < 1.29 is 9.59 Å². The lowest BCUT2D eigenvalue weighted by Crippen LogP contribution is -2.38. The molecule has 158 valence electrons. The Morgan fingerprint density at radius 2 is 1.65 bits per heavy atom. The van der Waals surface area contributed by atoms with Gasteiger partial charge in [-0.1, -0.05) is 42.5 Å². The maximum atomic E-state index is 13.8. The number of hydrogen-bond donors (Lipinski definition) is 0. The van der Waals surface area contributed by atoms with Crippen LogP contribution in [-0.4, -0.2) is 39.9 Å². The number of imidazole rings is 1. The largest absolute Gasteiger partial charge is 0.333 e. The molecule has 6 heteroatoms. The number of carbonyl (C=O) groups is 2. The number of fused-ring (bicyclic) bond motifs is 2. The molecule has 0 N–H and O–H groups in total. The minimum Gasteiger partial charge on any atom is -0.333 e. The summed E-state index contributed by atoms with van der Waals surface area (Å²) in [6.07, 6.45) is 3.74. The number of rotatable bonds is 3. The van der Waals surface area contributed by atoms with E-state index in [1.54, 1.807) is 19.2 Å². The Kier molecular flexibility index (Phi) is 5.06. The first-order valence-electron chi connectivity index (χ1n) is 10.9. The first-order chi connectivity index (χ1) is 15.1. The van der Waals surface area contributed by atoms with Gasteiger partial charge in [0.05, 0.1) is 0 Å². The summed E-state index contributed by atoms with van der Waals surface area (Å²) in [5.41, 5.74) is 3.62. The zero-order chi connectivity index (χ0) is 21.4. The van der Waals surface area contributed by atoms with Crippen LogP contribution in [0.1, 0.15) is 50.6 Å². The second-order valence-electron chi connectivity index (χ2n) is 8.28. The summed E-state index contributed by atoms with van der Waals surface area (Å²) >= 11 is 0. The molecule has 1 aromatic heterocycles.